The fourth-order valence-electron chi connectivity index (χ4n) is 8.96. The van der Waals surface area contributed by atoms with Crippen molar-refractivity contribution in [3.8, 4) is 33.5 Å². The van der Waals surface area contributed by atoms with Gasteiger partial charge in [0.15, 0.2) is 5.84 Å². The van der Waals surface area contributed by atoms with Crippen LogP contribution in [0.1, 0.15) is 46.5 Å². The lowest BCUT2D eigenvalue weighted by molar-refractivity contribution is 0.674. The van der Waals surface area contributed by atoms with Crippen molar-refractivity contribution in [3.63, 3.8) is 0 Å². The van der Waals surface area contributed by atoms with Crippen molar-refractivity contribution in [2.24, 2.45) is 9.98 Å². The van der Waals surface area contributed by atoms with Crippen molar-refractivity contribution >= 4 is 33.3 Å². The van der Waals surface area contributed by atoms with E-state index in [4.69, 9.17) is 15.0 Å². The summed E-state index contributed by atoms with van der Waals surface area (Å²) >= 11 is 0. The van der Waals surface area contributed by atoms with E-state index in [1.54, 1.807) is 0 Å². The molecule has 1 aliphatic carbocycles. The smallest absolute Gasteiger partial charge is 0.159 e. The van der Waals surface area contributed by atoms with Crippen LogP contribution in [-0.2, 0) is 5.41 Å². The maximum atomic E-state index is 5.34. The summed E-state index contributed by atoms with van der Waals surface area (Å²) in [7, 11) is 0. The van der Waals surface area contributed by atoms with E-state index in [1.807, 2.05) is 42.7 Å². The molecule has 0 spiro atoms. The van der Waals surface area contributed by atoms with Gasteiger partial charge in [-0.1, -0.05) is 146 Å². The first-order chi connectivity index (χ1) is 28.6. The van der Waals surface area contributed by atoms with E-state index in [0.29, 0.717) is 5.84 Å². The van der Waals surface area contributed by atoms with Gasteiger partial charge in [0.05, 0.1) is 11.2 Å². The van der Waals surface area contributed by atoms with Crippen molar-refractivity contribution in [2.75, 3.05) is 0 Å². The molecular weight excluding hydrogens is 707 g/mol. The fourth-order valence-corrected chi connectivity index (χ4v) is 8.96. The topological polar surface area (TPSA) is 62.5 Å². The number of pyridine rings is 2. The average Bonchev–Trinajstić information content (AvgIpc) is 3.57. The molecule has 0 bridgehead atoms. The zero-order chi connectivity index (χ0) is 38.6. The first-order valence-corrected chi connectivity index (χ1v) is 19.7. The molecule has 5 nitrogen and oxygen atoms in total. The molecule has 5 heteroatoms. The summed E-state index contributed by atoms with van der Waals surface area (Å²) in [5, 5.41) is 6.84. The molecule has 7 aromatic carbocycles. The summed E-state index contributed by atoms with van der Waals surface area (Å²) in [5.41, 5.74) is 14.0. The number of hydrogen-bond donors (Lipinski definition) is 1. The Morgan fingerprint density at radius 3 is 2.05 bits per heavy atom. The third-order valence-corrected chi connectivity index (χ3v) is 11.9. The molecule has 2 unspecified atom stereocenters. The molecular formula is C53H37N5. The second-order valence-corrected chi connectivity index (χ2v) is 15.2. The third-order valence-electron chi connectivity index (χ3n) is 11.9. The van der Waals surface area contributed by atoms with Crippen molar-refractivity contribution in [1.29, 1.82) is 0 Å². The van der Waals surface area contributed by atoms with Crippen molar-refractivity contribution in [2.45, 2.75) is 18.5 Å². The van der Waals surface area contributed by atoms with Crippen LogP contribution in [0.5, 0.6) is 0 Å². The Hall–Kier alpha value is -7.50. The molecule has 58 heavy (non-hydrogen) atoms. The van der Waals surface area contributed by atoms with Crippen LogP contribution in [0, 0.1) is 0 Å². The fraction of sp³-hybridized carbons (Fsp3) is 0.0566. The second kappa shape index (κ2) is 13.6. The van der Waals surface area contributed by atoms with Crippen molar-refractivity contribution < 1.29 is 0 Å². The SMILES string of the molecule is CC1(c2ccccc2)c2ccccc2-c2ccc(-c3cc(C4=NC(c5ccccc5)NC(c5ccccc5)=N4)cc(-c4nc5ccccc5c5ccncc45)c3)cc21. The minimum atomic E-state index is -0.331. The van der Waals surface area contributed by atoms with Crippen LogP contribution >= 0.6 is 0 Å². The molecule has 0 amide bonds. The molecule has 3 heterocycles. The molecule has 2 aliphatic rings. The molecule has 0 radical (unpaired) electrons. The van der Waals surface area contributed by atoms with Crippen LogP contribution in [0.25, 0.3) is 55.2 Å². The Balaban J connectivity index is 1.16. The number of amidine groups is 2. The molecule has 9 aromatic rings. The molecule has 2 aromatic heterocycles. The van der Waals surface area contributed by atoms with Crippen molar-refractivity contribution in [3.05, 3.63) is 228 Å². The van der Waals surface area contributed by atoms with Gasteiger partial charge in [0.1, 0.15) is 12.0 Å². The van der Waals surface area contributed by atoms with Gasteiger partial charge in [0.2, 0.25) is 0 Å². The van der Waals surface area contributed by atoms with Gasteiger partial charge in [-0.2, -0.15) is 0 Å². The van der Waals surface area contributed by atoms with Gasteiger partial charge >= 0.3 is 0 Å². The molecule has 2 atom stereocenters. The maximum Gasteiger partial charge on any atom is 0.159 e. The summed E-state index contributed by atoms with van der Waals surface area (Å²) in [6, 6.07) is 64.5. The molecule has 0 saturated carbocycles. The van der Waals surface area contributed by atoms with Crippen LogP contribution in [0.2, 0.25) is 0 Å². The first-order valence-electron chi connectivity index (χ1n) is 19.7. The molecule has 1 aliphatic heterocycles. The number of nitrogens with one attached hydrogen (secondary N) is 1. The number of aromatic nitrogens is 2. The van der Waals surface area contributed by atoms with E-state index in [2.05, 4.69) is 169 Å². The minimum absolute atomic E-state index is 0.329. The van der Waals surface area contributed by atoms with Gasteiger partial charge in [-0.25, -0.2) is 15.0 Å². The zero-order valence-electron chi connectivity index (χ0n) is 31.8. The number of rotatable bonds is 6. The quantitative estimate of drug-likeness (QED) is 0.173. The largest absolute Gasteiger partial charge is 0.344 e. The highest BCUT2D eigenvalue weighted by molar-refractivity contribution is 6.15. The summed E-state index contributed by atoms with van der Waals surface area (Å²) in [6.45, 7) is 2.37. The summed E-state index contributed by atoms with van der Waals surface area (Å²) in [6.07, 6.45) is 3.47. The van der Waals surface area contributed by atoms with E-state index in [1.165, 1.54) is 27.8 Å². The molecule has 0 saturated heterocycles. The van der Waals surface area contributed by atoms with E-state index in [-0.39, 0.29) is 11.6 Å². The lowest BCUT2D eigenvalue weighted by Crippen LogP contribution is -2.33. The first kappa shape index (κ1) is 33.8. The van der Waals surface area contributed by atoms with Crippen LogP contribution in [0.15, 0.2) is 204 Å². The molecule has 0 fully saturated rings. The number of benzene rings is 7. The summed E-state index contributed by atoms with van der Waals surface area (Å²) in [4.78, 5) is 20.5. The Morgan fingerprint density at radius 2 is 1.21 bits per heavy atom. The predicted molar refractivity (Wildman–Crippen MR) is 237 cm³/mol. The van der Waals surface area contributed by atoms with Gasteiger partial charge < -0.3 is 5.32 Å². The summed E-state index contributed by atoms with van der Waals surface area (Å²) in [5.74, 6) is 1.43. The highest BCUT2D eigenvalue weighted by Crippen LogP contribution is 2.53. The number of nitrogens with zero attached hydrogens (tertiary/aromatic N) is 4. The standard InChI is InChI=1S/C53H37N5/c1-53(40-19-9-4-10-20-40)46-23-13-11-21-42(46)43-26-25-36(32-47(43)53)37-29-38(49-45-33-54-28-27-41(45)44-22-12-14-24-48(44)55-49)31-39(30-37)52-57-50(34-15-5-2-6-16-34)56-51(58-52)35-17-7-3-8-18-35/h2-33,50H,1H3,(H,56,57,58). The molecule has 1 N–H and O–H groups in total. The number of fused-ring (bicyclic) bond motifs is 6. The average molecular weight is 744 g/mol. The Labute approximate surface area is 337 Å². The van der Waals surface area contributed by atoms with Gasteiger partial charge in [0.25, 0.3) is 0 Å². The van der Waals surface area contributed by atoms with E-state index >= 15 is 0 Å². The highest BCUT2D eigenvalue weighted by atomic mass is 15.2. The highest BCUT2D eigenvalue weighted by Gasteiger charge is 2.40. The van der Waals surface area contributed by atoms with Gasteiger partial charge in [-0.15, -0.1) is 0 Å². The Bertz CT molecular complexity index is 3100. The Morgan fingerprint density at radius 1 is 0.517 bits per heavy atom. The molecule has 11 rings (SSSR count). The predicted octanol–water partition coefficient (Wildman–Crippen LogP) is 11.9. The number of para-hydroxylation sites is 1. The second-order valence-electron chi connectivity index (χ2n) is 15.2. The normalized spacial score (nSPS) is 16.9. The lowest BCUT2D eigenvalue weighted by atomic mass is 9.74. The third kappa shape index (κ3) is 5.54. The van der Waals surface area contributed by atoms with Crippen molar-refractivity contribution in [1.82, 2.24) is 15.3 Å². The van der Waals surface area contributed by atoms with E-state index in [0.717, 1.165) is 66.6 Å². The number of aliphatic imine (C=N–C) groups is 2. The molecule has 274 valence electrons. The van der Waals surface area contributed by atoms with Crippen LogP contribution in [0.4, 0.5) is 0 Å². The zero-order valence-corrected chi connectivity index (χ0v) is 31.8. The van der Waals surface area contributed by atoms with Gasteiger partial charge in [0, 0.05) is 45.3 Å². The monoisotopic (exact) mass is 743 g/mol. The van der Waals surface area contributed by atoms with E-state index < -0.39 is 0 Å². The van der Waals surface area contributed by atoms with Crippen LogP contribution in [0.3, 0.4) is 0 Å². The van der Waals surface area contributed by atoms with Gasteiger partial charge in [-0.05, 0) is 93.2 Å². The van der Waals surface area contributed by atoms with E-state index in [9.17, 15) is 0 Å². The van der Waals surface area contributed by atoms with Crippen LogP contribution in [-0.4, -0.2) is 21.6 Å². The minimum Gasteiger partial charge on any atom is -0.344 e. The van der Waals surface area contributed by atoms with Gasteiger partial charge in [-0.3, -0.25) is 4.98 Å². The maximum absolute atomic E-state index is 5.34. The number of hydrogen-bond acceptors (Lipinski definition) is 5. The lowest BCUT2D eigenvalue weighted by Gasteiger charge is -2.28. The van der Waals surface area contributed by atoms with Crippen LogP contribution < -0.4 is 5.32 Å². The summed E-state index contributed by atoms with van der Waals surface area (Å²) < 4.78 is 0. The Kier molecular flexibility index (Phi) is 7.93.